The third-order valence-corrected chi connectivity index (χ3v) is 7.96. The number of hydrogen-bond donors (Lipinski definition) is 3. The SMILES string of the molecule is C=C(C)c1ccc(-c2nccc3[nH]c(-c4n[nH]c5ccc(-c6cncc(NC(=C)C7CC7)c6)nc45)nc23)s1. The summed E-state index contributed by atoms with van der Waals surface area (Å²) in [5, 5.41) is 11.0. The normalized spacial score (nSPS) is 13.3. The molecule has 1 fully saturated rings. The van der Waals surface area contributed by atoms with Gasteiger partial charge in [-0.3, -0.25) is 15.1 Å². The fourth-order valence-corrected chi connectivity index (χ4v) is 5.44. The van der Waals surface area contributed by atoms with Crippen molar-refractivity contribution in [2.24, 2.45) is 5.92 Å². The summed E-state index contributed by atoms with van der Waals surface area (Å²) in [7, 11) is 0. The number of pyridine rings is 3. The number of allylic oxidation sites excluding steroid dienone is 2. The molecule has 1 aliphatic rings. The fraction of sp³-hybridized carbons (Fsp3) is 0.138. The first-order valence-electron chi connectivity index (χ1n) is 12.4. The van der Waals surface area contributed by atoms with Crippen molar-refractivity contribution in [3.05, 3.63) is 78.7 Å². The van der Waals surface area contributed by atoms with Gasteiger partial charge in [-0.25, -0.2) is 9.97 Å². The van der Waals surface area contributed by atoms with E-state index in [0.717, 1.165) is 65.7 Å². The van der Waals surface area contributed by atoms with E-state index in [1.54, 1.807) is 17.5 Å². The predicted octanol–water partition coefficient (Wildman–Crippen LogP) is 7.06. The van der Waals surface area contributed by atoms with E-state index >= 15 is 0 Å². The Bertz CT molecular complexity index is 1870. The average molecular weight is 517 g/mol. The highest BCUT2D eigenvalue weighted by Gasteiger charge is 2.24. The standard InChI is InChI=1S/C29H24N8S/c1-15(2)23-8-9-24(38-23)27-25-21(10-11-31-27)34-29(35-25)28-26-22(36-37-28)7-6-20(33-26)18-12-19(14-30-13-18)32-16(3)17-4-5-17/h6-14,17,32H,1,3-5H2,2H3,(H,34,35)(H,36,37). The van der Waals surface area contributed by atoms with Crippen molar-refractivity contribution in [2.45, 2.75) is 19.8 Å². The average Bonchev–Trinajstić information content (AvgIpc) is 3.32. The van der Waals surface area contributed by atoms with E-state index in [4.69, 9.17) is 9.97 Å². The van der Waals surface area contributed by atoms with Gasteiger partial charge in [0.2, 0.25) is 0 Å². The van der Waals surface area contributed by atoms with Gasteiger partial charge in [-0.2, -0.15) is 5.10 Å². The highest BCUT2D eigenvalue weighted by atomic mass is 32.1. The Balaban J connectivity index is 1.27. The molecule has 0 aromatic carbocycles. The molecule has 9 heteroatoms. The van der Waals surface area contributed by atoms with Crippen LogP contribution in [0.2, 0.25) is 0 Å². The second-order valence-electron chi connectivity index (χ2n) is 9.64. The molecule has 6 aromatic rings. The second-order valence-corrected chi connectivity index (χ2v) is 10.7. The number of nitrogens with zero attached hydrogens (tertiary/aromatic N) is 5. The summed E-state index contributed by atoms with van der Waals surface area (Å²) in [5.41, 5.74) is 9.44. The molecule has 0 unspecified atom stereocenters. The molecule has 0 radical (unpaired) electrons. The van der Waals surface area contributed by atoms with Gasteiger partial charge in [0.05, 0.1) is 33.5 Å². The number of imidazole rings is 1. The molecule has 1 saturated carbocycles. The quantitative estimate of drug-likeness (QED) is 0.210. The molecule has 0 spiro atoms. The van der Waals surface area contributed by atoms with Crippen LogP contribution in [0.25, 0.3) is 61.0 Å². The molecule has 3 N–H and O–H groups in total. The van der Waals surface area contributed by atoms with Gasteiger partial charge >= 0.3 is 0 Å². The number of hydrogen-bond acceptors (Lipinski definition) is 7. The molecular weight excluding hydrogens is 492 g/mol. The van der Waals surface area contributed by atoms with Crippen molar-refractivity contribution in [1.29, 1.82) is 0 Å². The van der Waals surface area contributed by atoms with Crippen LogP contribution in [0, 0.1) is 5.92 Å². The first kappa shape index (κ1) is 22.6. The Morgan fingerprint density at radius 3 is 2.68 bits per heavy atom. The number of thiophene rings is 1. The van der Waals surface area contributed by atoms with E-state index < -0.39 is 0 Å². The van der Waals surface area contributed by atoms with Gasteiger partial charge in [-0.1, -0.05) is 13.2 Å². The molecule has 0 atom stereocenters. The van der Waals surface area contributed by atoms with E-state index in [-0.39, 0.29) is 0 Å². The molecule has 7 rings (SSSR count). The Labute approximate surface area is 222 Å². The van der Waals surface area contributed by atoms with E-state index in [9.17, 15) is 0 Å². The molecule has 6 heterocycles. The lowest BCUT2D eigenvalue weighted by Crippen LogP contribution is -2.00. The highest BCUT2D eigenvalue weighted by molar-refractivity contribution is 7.16. The van der Waals surface area contributed by atoms with Gasteiger partial charge < -0.3 is 10.3 Å². The first-order valence-corrected chi connectivity index (χ1v) is 13.2. The molecule has 186 valence electrons. The number of anilines is 1. The van der Waals surface area contributed by atoms with E-state index in [1.165, 1.54) is 12.8 Å². The molecule has 8 nitrogen and oxygen atoms in total. The minimum Gasteiger partial charge on any atom is -0.358 e. The molecule has 0 bridgehead atoms. The van der Waals surface area contributed by atoms with E-state index in [2.05, 4.69) is 55.8 Å². The summed E-state index contributed by atoms with van der Waals surface area (Å²) in [4.78, 5) is 24.5. The third-order valence-electron chi connectivity index (χ3n) is 6.70. The van der Waals surface area contributed by atoms with Crippen LogP contribution in [0.4, 0.5) is 5.69 Å². The summed E-state index contributed by atoms with van der Waals surface area (Å²) < 4.78 is 0. The van der Waals surface area contributed by atoms with Crippen LogP contribution in [0.15, 0.2) is 73.8 Å². The monoisotopic (exact) mass is 516 g/mol. The van der Waals surface area contributed by atoms with Gasteiger partial charge in [0.15, 0.2) is 11.5 Å². The zero-order valence-electron chi connectivity index (χ0n) is 20.7. The molecule has 6 aromatic heterocycles. The van der Waals surface area contributed by atoms with Gasteiger partial charge in [0.1, 0.15) is 16.7 Å². The van der Waals surface area contributed by atoms with Crippen molar-refractivity contribution in [1.82, 2.24) is 35.1 Å². The highest BCUT2D eigenvalue weighted by Crippen LogP contribution is 2.37. The van der Waals surface area contributed by atoms with Crippen molar-refractivity contribution >= 4 is 44.7 Å². The summed E-state index contributed by atoms with van der Waals surface area (Å²) in [6.45, 7) is 10.2. The molecule has 38 heavy (non-hydrogen) atoms. The van der Waals surface area contributed by atoms with Crippen LogP contribution in [0.1, 0.15) is 24.6 Å². The smallest absolute Gasteiger partial charge is 0.161 e. The predicted molar refractivity (Wildman–Crippen MR) is 154 cm³/mol. The van der Waals surface area contributed by atoms with E-state index in [0.29, 0.717) is 17.4 Å². The molecule has 0 saturated heterocycles. The number of aromatic amines is 2. The van der Waals surface area contributed by atoms with Crippen molar-refractivity contribution in [3.63, 3.8) is 0 Å². The Hall–Kier alpha value is -4.63. The van der Waals surface area contributed by atoms with Crippen LogP contribution in [-0.4, -0.2) is 35.1 Å². The maximum Gasteiger partial charge on any atom is 0.161 e. The summed E-state index contributed by atoms with van der Waals surface area (Å²) >= 11 is 1.66. The van der Waals surface area contributed by atoms with Crippen LogP contribution < -0.4 is 5.32 Å². The number of H-pyrrole nitrogens is 2. The number of nitrogens with one attached hydrogen (secondary N) is 3. The zero-order valence-corrected chi connectivity index (χ0v) is 21.6. The summed E-state index contributed by atoms with van der Waals surface area (Å²) in [6.07, 6.45) is 7.82. The van der Waals surface area contributed by atoms with Gasteiger partial charge in [-0.15, -0.1) is 11.3 Å². The van der Waals surface area contributed by atoms with E-state index in [1.807, 2.05) is 43.6 Å². The topological polar surface area (TPSA) is 108 Å². The van der Waals surface area contributed by atoms with Crippen molar-refractivity contribution in [3.8, 4) is 33.3 Å². The van der Waals surface area contributed by atoms with Crippen LogP contribution >= 0.6 is 11.3 Å². The third kappa shape index (κ3) is 3.97. The van der Waals surface area contributed by atoms with Crippen molar-refractivity contribution in [2.75, 3.05) is 5.32 Å². The lowest BCUT2D eigenvalue weighted by Gasteiger charge is -2.09. The molecular formula is C29H24N8S. The molecule has 1 aliphatic carbocycles. The maximum absolute atomic E-state index is 4.96. The molecule has 0 aliphatic heterocycles. The van der Waals surface area contributed by atoms with Crippen molar-refractivity contribution < 1.29 is 0 Å². The Morgan fingerprint density at radius 1 is 1.00 bits per heavy atom. The van der Waals surface area contributed by atoms with Crippen LogP contribution in [-0.2, 0) is 0 Å². The maximum atomic E-state index is 4.96. The van der Waals surface area contributed by atoms with Gasteiger partial charge in [0.25, 0.3) is 0 Å². The van der Waals surface area contributed by atoms with Gasteiger partial charge in [-0.05, 0) is 67.7 Å². The summed E-state index contributed by atoms with van der Waals surface area (Å²) in [5.74, 6) is 1.20. The number of aromatic nitrogens is 7. The Kier molecular flexibility index (Phi) is 5.19. The first-order chi connectivity index (χ1) is 18.5. The van der Waals surface area contributed by atoms with Gasteiger partial charge in [0, 0.05) is 28.5 Å². The lowest BCUT2D eigenvalue weighted by molar-refractivity contribution is 1.02. The Morgan fingerprint density at radius 2 is 1.87 bits per heavy atom. The number of rotatable bonds is 7. The minimum atomic E-state index is 0.564. The summed E-state index contributed by atoms with van der Waals surface area (Å²) in [6, 6.07) is 12.1. The largest absolute Gasteiger partial charge is 0.358 e. The zero-order chi connectivity index (χ0) is 25.8. The molecule has 0 amide bonds. The minimum absolute atomic E-state index is 0.564. The van der Waals surface area contributed by atoms with Crippen LogP contribution in [0.3, 0.4) is 0 Å². The number of fused-ring (bicyclic) bond motifs is 2. The fourth-order valence-electron chi connectivity index (χ4n) is 4.51. The van der Waals surface area contributed by atoms with Crippen LogP contribution in [0.5, 0.6) is 0 Å². The second kappa shape index (κ2) is 8.74. The lowest BCUT2D eigenvalue weighted by atomic mass is 10.1.